The van der Waals surface area contributed by atoms with E-state index in [0.29, 0.717) is 22.8 Å². The van der Waals surface area contributed by atoms with Crippen molar-refractivity contribution < 1.29 is 18.0 Å². The van der Waals surface area contributed by atoms with Gasteiger partial charge in [0.1, 0.15) is 18.4 Å². The van der Waals surface area contributed by atoms with E-state index in [1.165, 1.54) is 6.20 Å². The average Bonchev–Trinajstić information content (AvgIpc) is 3.50. The largest absolute Gasteiger partial charge is 0.405 e. The molecule has 0 bridgehead atoms. The number of fused-ring (bicyclic) bond motifs is 1. The van der Waals surface area contributed by atoms with Crippen LogP contribution in [0, 0.1) is 5.92 Å². The summed E-state index contributed by atoms with van der Waals surface area (Å²) in [6.07, 6.45) is 5.92. The second kappa shape index (κ2) is 9.45. The predicted molar refractivity (Wildman–Crippen MR) is 126 cm³/mol. The number of hydrogen-bond acceptors (Lipinski definition) is 6. The number of hydrogen-bond donors (Lipinski definition) is 3. The number of aromatic nitrogens is 3. The fourth-order valence-corrected chi connectivity index (χ4v) is 4.23. The standard InChI is InChI=1S/C23H23F3N8O/c24-23(25,26)13-31-22(35)32-17-7-16(9-28-10-17)19-12-29-20-8-15(3-6-34(19)20)18-11-30-21(33-18)14-1-4-27-5-2-14/h3,6-12,14,21,27H,1-2,4-5,13H2,(H2,31,32,35). The third-order valence-corrected chi connectivity index (χ3v) is 5.98. The molecule has 3 aromatic rings. The van der Waals surface area contributed by atoms with Gasteiger partial charge in [0.25, 0.3) is 0 Å². The topological polar surface area (TPSA) is 108 Å². The zero-order valence-electron chi connectivity index (χ0n) is 18.6. The third-order valence-electron chi connectivity index (χ3n) is 5.98. The number of nitrogens with zero attached hydrogens (tertiary/aromatic N) is 5. The van der Waals surface area contributed by atoms with E-state index in [4.69, 9.17) is 4.99 Å². The molecule has 2 amide bonds. The van der Waals surface area contributed by atoms with E-state index in [2.05, 4.69) is 25.6 Å². The number of alkyl halides is 3. The Labute approximate surface area is 198 Å². The van der Waals surface area contributed by atoms with Crippen LogP contribution < -0.4 is 16.0 Å². The van der Waals surface area contributed by atoms with E-state index in [0.717, 1.165) is 37.2 Å². The number of carbonyl (C=O) groups is 1. The number of halogens is 3. The summed E-state index contributed by atoms with van der Waals surface area (Å²) in [7, 11) is 0. The molecule has 1 fully saturated rings. The highest BCUT2D eigenvalue weighted by Gasteiger charge is 2.28. The Morgan fingerprint density at radius 1 is 1.14 bits per heavy atom. The van der Waals surface area contributed by atoms with Gasteiger partial charge in [0, 0.05) is 35.7 Å². The molecular formula is C23H23F3N8O. The van der Waals surface area contributed by atoms with E-state index >= 15 is 0 Å². The number of anilines is 1. The van der Waals surface area contributed by atoms with Crippen LogP contribution in [0.25, 0.3) is 16.9 Å². The zero-order valence-corrected chi connectivity index (χ0v) is 18.6. The van der Waals surface area contributed by atoms with Gasteiger partial charge in [-0.2, -0.15) is 13.2 Å². The number of nitrogens with one attached hydrogen (secondary N) is 3. The second-order valence-corrected chi connectivity index (χ2v) is 8.47. The predicted octanol–water partition coefficient (Wildman–Crippen LogP) is 3.28. The summed E-state index contributed by atoms with van der Waals surface area (Å²) < 4.78 is 38.8. The minimum Gasteiger partial charge on any atom is -0.329 e. The van der Waals surface area contributed by atoms with Crippen molar-refractivity contribution in [3.8, 4) is 11.3 Å². The maximum absolute atomic E-state index is 12.3. The molecule has 1 atom stereocenters. The summed E-state index contributed by atoms with van der Waals surface area (Å²) in [5.74, 6) is 0.454. The van der Waals surface area contributed by atoms with Crippen LogP contribution in [0.2, 0.25) is 0 Å². The highest BCUT2D eigenvalue weighted by molar-refractivity contribution is 6.39. The van der Waals surface area contributed by atoms with Gasteiger partial charge in [0.2, 0.25) is 0 Å². The summed E-state index contributed by atoms with van der Waals surface area (Å²) in [4.78, 5) is 29.8. The first kappa shape index (κ1) is 23.0. The third kappa shape index (κ3) is 5.32. The fourth-order valence-electron chi connectivity index (χ4n) is 4.23. The normalized spacial score (nSPS) is 18.6. The Balaban J connectivity index is 1.32. The Morgan fingerprint density at radius 2 is 1.97 bits per heavy atom. The molecule has 2 aliphatic rings. The molecule has 5 rings (SSSR count). The maximum Gasteiger partial charge on any atom is 0.405 e. The number of carbonyl (C=O) groups excluding carboxylic acids is 1. The average molecular weight is 484 g/mol. The Hall–Kier alpha value is -3.80. The number of rotatable bonds is 5. The highest BCUT2D eigenvalue weighted by atomic mass is 19.4. The lowest BCUT2D eigenvalue weighted by Crippen LogP contribution is -2.36. The van der Waals surface area contributed by atoms with Crippen molar-refractivity contribution in [2.24, 2.45) is 15.9 Å². The van der Waals surface area contributed by atoms with Crippen LogP contribution in [0.3, 0.4) is 0 Å². The first-order chi connectivity index (χ1) is 16.9. The van der Waals surface area contributed by atoms with Crippen LogP contribution in [0.5, 0.6) is 0 Å². The van der Waals surface area contributed by atoms with Gasteiger partial charge in [-0.05, 0) is 44.1 Å². The van der Waals surface area contributed by atoms with E-state index in [1.807, 2.05) is 28.9 Å². The molecule has 0 radical (unpaired) electrons. The summed E-state index contributed by atoms with van der Waals surface area (Å²) in [6.45, 7) is 0.568. The monoisotopic (exact) mass is 484 g/mol. The van der Waals surface area contributed by atoms with Gasteiger partial charge in [0.15, 0.2) is 0 Å². The Morgan fingerprint density at radius 3 is 2.77 bits per heavy atom. The van der Waals surface area contributed by atoms with Crippen molar-refractivity contribution in [1.29, 1.82) is 0 Å². The molecular weight excluding hydrogens is 461 g/mol. The minimum atomic E-state index is -4.49. The van der Waals surface area contributed by atoms with Gasteiger partial charge in [-0.1, -0.05) is 0 Å². The molecule has 1 unspecified atom stereocenters. The van der Waals surface area contributed by atoms with Crippen molar-refractivity contribution in [3.05, 3.63) is 48.5 Å². The van der Waals surface area contributed by atoms with Gasteiger partial charge < -0.3 is 16.0 Å². The molecule has 0 aliphatic carbocycles. The van der Waals surface area contributed by atoms with Crippen molar-refractivity contribution in [3.63, 3.8) is 0 Å². The molecule has 12 heteroatoms. The summed E-state index contributed by atoms with van der Waals surface area (Å²) >= 11 is 0. The highest BCUT2D eigenvalue weighted by Crippen LogP contribution is 2.26. The second-order valence-electron chi connectivity index (χ2n) is 8.47. The quantitative estimate of drug-likeness (QED) is 0.517. The van der Waals surface area contributed by atoms with Crippen LogP contribution in [0.1, 0.15) is 18.4 Å². The van der Waals surface area contributed by atoms with E-state index in [9.17, 15) is 18.0 Å². The van der Waals surface area contributed by atoms with Crippen LogP contribution in [0.4, 0.5) is 23.7 Å². The lowest BCUT2D eigenvalue weighted by molar-refractivity contribution is -0.122. The first-order valence-electron chi connectivity index (χ1n) is 11.2. The van der Waals surface area contributed by atoms with E-state index < -0.39 is 18.8 Å². The smallest absolute Gasteiger partial charge is 0.329 e. The molecule has 1 saturated heterocycles. The molecule has 5 heterocycles. The van der Waals surface area contributed by atoms with Gasteiger partial charge in [-0.25, -0.2) is 9.78 Å². The number of piperidine rings is 1. The van der Waals surface area contributed by atoms with Gasteiger partial charge in [-0.15, -0.1) is 0 Å². The molecule has 35 heavy (non-hydrogen) atoms. The van der Waals surface area contributed by atoms with Crippen LogP contribution in [-0.4, -0.2) is 64.3 Å². The van der Waals surface area contributed by atoms with E-state index in [1.54, 1.807) is 23.8 Å². The van der Waals surface area contributed by atoms with Gasteiger partial charge in [-0.3, -0.25) is 19.4 Å². The molecule has 0 saturated carbocycles. The van der Waals surface area contributed by atoms with Crippen molar-refractivity contribution in [1.82, 2.24) is 25.0 Å². The molecule has 3 N–H and O–H groups in total. The number of pyridine rings is 2. The molecule has 2 aliphatic heterocycles. The number of imidazole rings is 1. The van der Waals surface area contributed by atoms with Crippen LogP contribution in [-0.2, 0) is 0 Å². The summed E-state index contributed by atoms with van der Waals surface area (Å²) in [5.41, 5.74) is 4.06. The molecule has 0 aromatic carbocycles. The lowest BCUT2D eigenvalue weighted by Gasteiger charge is -2.24. The Kier molecular flexibility index (Phi) is 6.20. The van der Waals surface area contributed by atoms with Crippen molar-refractivity contribution in [2.75, 3.05) is 25.0 Å². The number of aliphatic imine (C=N–C) groups is 2. The summed E-state index contributed by atoms with van der Waals surface area (Å²) in [5, 5.41) is 7.49. The summed E-state index contributed by atoms with van der Waals surface area (Å²) in [6, 6.07) is 4.52. The zero-order chi connectivity index (χ0) is 24.4. The lowest BCUT2D eigenvalue weighted by atomic mass is 9.95. The van der Waals surface area contributed by atoms with E-state index in [-0.39, 0.29) is 11.9 Å². The van der Waals surface area contributed by atoms with Gasteiger partial charge >= 0.3 is 12.2 Å². The SMILES string of the molecule is O=C(NCC(F)(F)F)Nc1cncc(-c2cnc3cc(C4=NC(C5CCNCC5)N=C4)ccn23)c1. The molecule has 3 aromatic heterocycles. The molecule has 0 spiro atoms. The van der Waals surface area contributed by atoms with Crippen LogP contribution in [0.15, 0.2) is 53.0 Å². The number of urea groups is 1. The number of amides is 2. The fraction of sp³-hybridized carbons (Fsp3) is 0.348. The maximum atomic E-state index is 12.3. The first-order valence-corrected chi connectivity index (χ1v) is 11.2. The van der Waals surface area contributed by atoms with Gasteiger partial charge in [0.05, 0.1) is 29.5 Å². The molecule has 182 valence electrons. The van der Waals surface area contributed by atoms with Crippen LogP contribution >= 0.6 is 0 Å². The van der Waals surface area contributed by atoms with Crippen molar-refractivity contribution in [2.45, 2.75) is 25.2 Å². The molecule has 9 nitrogen and oxygen atoms in total. The van der Waals surface area contributed by atoms with Crippen molar-refractivity contribution >= 4 is 29.3 Å². The Bertz CT molecular complexity index is 1290. The minimum absolute atomic E-state index is 0.0340.